The molecule has 2 bridgehead atoms. The van der Waals surface area contributed by atoms with Crippen molar-refractivity contribution in [2.45, 2.75) is 82.6 Å². The van der Waals surface area contributed by atoms with Gasteiger partial charge in [0.2, 0.25) is 5.79 Å². The van der Waals surface area contributed by atoms with E-state index in [4.69, 9.17) is 24.0 Å². The Morgan fingerprint density at radius 1 is 1.14 bits per heavy atom. The molecule has 1 aliphatic carbocycles. The number of fused-ring (bicyclic) bond motifs is 2. The second-order valence-electron chi connectivity index (χ2n) is 9.49. The van der Waals surface area contributed by atoms with Crippen molar-refractivity contribution in [2.75, 3.05) is 0 Å². The third-order valence-corrected chi connectivity index (χ3v) is 7.46. The Labute approximate surface area is 170 Å². The Morgan fingerprint density at radius 2 is 1.90 bits per heavy atom. The minimum Gasteiger partial charge on any atom is -0.384 e. The Balaban J connectivity index is 1.45. The molecule has 1 saturated carbocycles. The summed E-state index contributed by atoms with van der Waals surface area (Å²) in [7, 11) is 0. The van der Waals surface area contributed by atoms with Crippen LogP contribution in [-0.4, -0.2) is 34.7 Å². The molecule has 160 valence electrons. The van der Waals surface area contributed by atoms with Crippen LogP contribution in [0, 0.1) is 23.6 Å². The standard InChI is InChI=1S/C22H29FO6/c1-13-4-9-17-21(3,24)18(25-12-14-5-7-15(23)8-6-14)26-19-22(17)16(13)10-11-20(2,27-19)28-29-22/h5-8,13,16-19,24H,4,9-12H2,1-3H3/t13-,16+,17+,18+,19-,20-,21-,22-/m1/s1. The number of benzene rings is 1. The van der Waals surface area contributed by atoms with Gasteiger partial charge in [-0.3, -0.25) is 0 Å². The van der Waals surface area contributed by atoms with Crippen LogP contribution in [-0.2, 0) is 30.6 Å². The number of aliphatic hydroxyl groups is 1. The number of halogens is 1. The van der Waals surface area contributed by atoms with Crippen LogP contribution < -0.4 is 0 Å². The van der Waals surface area contributed by atoms with Crippen molar-refractivity contribution in [1.82, 2.24) is 0 Å². The highest BCUT2D eigenvalue weighted by Crippen LogP contribution is 2.61. The molecule has 0 radical (unpaired) electrons. The summed E-state index contributed by atoms with van der Waals surface area (Å²) in [5.74, 6) is -0.844. The molecule has 0 unspecified atom stereocenters. The van der Waals surface area contributed by atoms with Gasteiger partial charge < -0.3 is 19.3 Å². The largest absolute Gasteiger partial charge is 0.384 e. The van der Waals surface area contributed by atoms with Gasteiger partial charge in [-0.15, -0.1) is 0 Å². The summed E-state index contributed by atoms with van der Waals surface area (Å²) in [6.45, 7) is 6.03. The molecular weight excluding hydrogens is 379 g/mol. The van der Waals surface area contributed by atoms with Gasteiger partial charge in [0.05, 0.1) is 6.61 Å². The van der Waals surface area contributed by atoms with E-state index in [-0.39, 0.29) is 24.3 Å². The van der Waals surface area contributed by atoms with Crippen LogP contribution >= 0.6 is 0 Å². The van der Waals surface area contributed by atoms with E-state index in [0.29, 0.717) is 12.3 Å². The van der Waals surface area contributed by atoms with Gasteiger partial charge in [-0.2, -0.15) is 0 Å². The van der Waals surface area contributed by atoms with Gasteiger partial charge >= 0.3 is 0 Å². The van der Waals surface area contributed by atoms with Crippen LogP contribution in [0.15, 0.2) is 24.3 Å². The van der Waals surface area contributed by atoms with Crippen LogP contribution in [0.2, 0.25) is 0 Å². The Bertz CT molecular complexity index is 769. The van der Waals surface area contributed by atoms with Gasteiger partial charge in [0.1, 0.15) is 11.4 Å². The Kier molecular flexibility index (Phi) is 4.59. The second kappa shape index (κ2) is 6.70. The molecule has 6 rings (SSSR count). The van der Waals surface area contributed by atoms with Gasteiger partial charge in [0.25, 0.3) is 0 Å². The fourth-order valence-corrected chi connectivity index (χ4v) is 5.84. The van der Waals surface area contributed by atoms with Crippen molar-refractivity contribution in [3.8, 4) is 0 Å². The van der Waals surface area contributed by atoms with Gasteiger partial charge in [0.15, 0.2) is 18.2 Å². The monoisotopic (exact) mass is 408 g/mol. The normalized spacial score (nSPS) is 48.8. The molecule has 8 atom stereocenters. The molecule has 7 heteroatoms. The summed E-state index contributed by atoms with van der Waals surface area (Å²) < 4.78 is 31.7. The van der Waals surface area contributed by atoms with E-state index in [9.17, 15) is 9.50 Å². The first-order chi connectivity index (χ1) is 13.7. The van der Waals surface area contributed by atoms with E-state index >= 15 is 0 Å². The number of ether oxygens (including phenoxy) is 3. The van der Waals surface area contributed by atoms with E-state index in [0.717, 1.165) is 24.8 Å². The Hall–Kier alpha value is -1.09. The maximum absolute atomic E-state index is 13.2. The van der Waals surface area contributed by atoms with Crippen LogP contribution in [0.4, 0.5) is 4.39 Å². The molecule has 1 aromatic rings. The van der Waals surface area contributed by atoms with Crippen LogP contribution in [0.1, 0.15) is 52.0 Å². The molecule has 4 saturated heterocycles. The lowest BCUT2D eigenvalue weighted by atomic mass is 9.57. The highest BCUT2D eigenvalue weighted by molar-refractivity contribution is 5.16. The van der Waals surface area contributed by atoms with Crippen LogP contribution in [0.3, 0.4) is 0 Å². The Morgan fingerprint density at radius 3 is 2.66 bits per heavy atom. The molecule has 1 N–H and O–H groups in total. The fraction of sp³-hybridized carbons (Fsp3) is 0.727. The van der Waals surface area contributed by atoms with Gasteiger partial charge in [-0.05, 0) is 62.6 Å². The zero-order valence-electron chi connectivity index (χ0n) is 17.1. The zero-order valence-corrected chi connectivity index (χ0v) is 17.1. The molecule has 5 fully saturated rings. The van der Waals surface area contributed by atoms with E-state index < -0.39 is 29.6 Å². The van der Waals surface area contributed by atoms with Crippen LogP contribution in [0.25, 0.3) is 0 Å². The van der Waals surface area contributed by atoms with Crippen LogP contribution in [0.5, 0.6) is 0 Å². The van der Waals surface area contributed by atoms with Crippen molar-refractivity contribution in [2.24, 2.45) is 17.8 Å². The predicted molar refractivity (Wildman–Crippen MR) is 99.5 cm³/mol. The topological polar surface area (TPSA) is 66.4 Å². The smallest absolute Gasteiger partial charge is 0.201 e. The first kappa shape index (κ1) is 19.8. The molecule has 0 aromatic heterocycles. The molecule has 5 aliphatic rings. The summed E-state index contributed by atoms with van der Waals surface area (Å²) >= 11 is 0. The quantitative estimate of drug-likeness (QED) is 0.770. The molecule has 1 aromatic carbocycles. The van der Waals surface area contributed by atoms with Gasteiger partial charge in [-0.25, -0.2) is 14.2 Å². The van der Waals surface area contributed by atoms with Crippen molar-refractivity contribution < 1.29 is 33.5 Å². The minimum atomic E-state index is -1.29. The minimum absolute atomic E-state index is 0.167. The number of hydrogen-bond acceptors (Lipinski definition) is 6. The molecule has 4 heterocycles. The lowest BCUT2D eigenvalue weighted by molar-refractivity contribution is -0.584. The number of rotatable bonds is 3. The molecule has 1 spiro atoms. The van der Waals surface area contributed by atoms with Gasteiger partial charge in [-0.1, -0.05) is 19.1 Å². The third kappa shape index (κ3) is 2.98. The second-order valence-corrected chi connectivity index (χ2v) is 9.49. The molecule has 4 aliphatic heterocycles. The summed E-state index contributed by atoms with van der Waals surface area (Å²) in [5, 5.41) is 11.6. The van der Waals surface area contributed by atoms with E-state index in [1.54, 1.807) is 19.1 Å². The SMILES string of the molecule is C[C@@H]1CC[C@H]2[C@@](C)(O)[C@@H](OCc3ccc(F)cc3)O[C@@H]3O[C@@]4(C)CC[C@@H]1[C@]32OO4. The first-order valence-corrected chi connectivity index (χ1v) is 10.5. The first-order valence-electron chi connectivity index (χ1n) is 10.5. The van der Waals surface area contributed by atoms with Crippen molar-refractivity contribution in [3.63, 3.8) is 0 Å². The summed E-state index contributed by atoms with van der Waals surface area (Å²) in [5.41, 5.74) is -1.34. The fourth-order valence-electron chi connectivity index (χ4n) is 5.84. The van der Waals surface area contributed by atoms with E-state index in [1.165, 1.54) is 12.1 Å². The van der Waals surface area contributed by atoms with E-state index in [2.05, 4.69) is 6.92 Å². The third-order valence-electron chi connectivity index (χ3n) is 7.46. The summed E-state index contributed by atoms with van der Waals surface area (Å²) in [6, 6.07) is 6.10. The maximum Gasteiger partial charge on any atom is 0.201 e. The molecule has 29 heavy (non-hydrogen) atoms. The van der Waals surface area contributed by atoms with Crippen molar-refractivity contribution >= 4 is 0 Å². The highest BCUT2D eigenvalue weighted by atomic mass is 19.1. The zero-order chi connectivity index (χ0) is 20.4. The van der Waals surface area contributed by atoms with Crippen molar-refractivity contribution in [1.29, 1.82) is 0 Å². The van der Waals surface area contributed by atoms with Gasteiger partial charge in [0, 0.05) is 12.3 Å². The summed E-state index contributed by atoms with van der Waals surface area (Å²) in [6.07, 6.45) is 1.79. The average molecular weight is 408 g/mol. The number of hydrogen-bond donors (Lipinski definition) is 1. The lowest BCUT2D eigenvalue weighted by Crippen LogP contribution is -2.75. The predicted octanol–water partition coefficient (Wildman–Crippen LogP) is 3.67. The molecule has 6 nitrogen and oxygen atoms in total. The highest BCUT2D eigenvalue weighted by Gasteiger charge is 2.73. The van der Waals surface area contributed by atoms with E-state index in [1.807, 2.05) is 6.92 Å². The van der Waals surface area contributed by atoms with Crippen molar-refractivity contribution in [3.05, 3.63) is 35.6 Å². The maximum atomic E-state index is 13.2. The lowest BCUT2D eigenvalue weighted by Gasteiger charge is -2.62. The summed E-state index contributed by atoms with van der Waals surface area (Å²) in [4.78, 5) is 11.8. The molecular formula is C22H29FO6. The molecule has 0 amide bonds. The average Bonchev–Trinajstić information content (AvgIpc) is 2.91.